The number of nitrogens with zero attached hydrogens (tertiary/aromatic N) is 2. The highest BCUT2D eigenvalue weighted by atomic mass is 35.5. The summed E-state index contributed by atoms with van der Waals surface area (Å²) in [6, 6.07) is 8.20. The molecule has 19 heavy (non-hydrogen) atoms. The normalized spacial score (nSPS) is 9.89. The number of hydrogen-bond donors (Lipinski definition) is 2. The molecule has 0 saturated carbocycles. The lowest BCUT2D eigenvalue weighted by molar-refractivity contribution is 0.0697. The van der Waals surface area contributed by atoms with Gasteiger partial charge in [-0.3, -0.25) is 0 Å². The molecule has 0 aliphatic rings. The standard InChI is InChI=1S/C13H8ClN3O2/c14-11-2-1-7(3-8(11)5-15)9-4-10(13(18)19)12(16)17-6-9/h1-4,6H,(H2,16,17)(H,18,19). The van der Waals surface area contributed by atoms with E-state index in [4.69, 9.17) is 27.7 Å². The Morgan fingerprint density at radius 3 is 2.74 bits per heavy atom. The van der Waals surface area contributed by atoms with Crippen LogP contribution in [0.3, 0.4) is 0 Å². The average Bonchev–Trinajstić information content (AvgIpc) is 2.39. The van der Waals surface area contributed by atoms with E-state index >= 15 is 0 Å². The average molecular weight is 274 g/mol. The van der Waals surface area contributed by atoms with Gasteiger partial charge in [0.05, 0.1) is 10.6 Å². The molecule has 0 atom stereocenters. The third-order valence-electron chi connectivity index (χ3n) is 2.57. The van der Waals surface area contributed by atoms with Crippen molar-refractivity contribution in [3.05, 3.63) is 46.6 Å². The van der Waals surface area contributed by atoms with E-state index in [1.165, 1.54) is 12.3 Å². The van der Waals surface area contributed by atoms with Crippen LogP contribution in [0.15, 0.2) is 30.5 Å². The molecule has 0 radical (unpaired) electrons. The van der Waals surface area contributed by atoms with Crippen molar-refractivity contribution in [1.82, 2.24) is 4.98 Å². The van der Waals surface area contributed by atoms with Crippen LogP contribution < -0.4 is 5.73 Å². The number of rotatable bonds is 2. The minimum Gasteiger partial charge on any atom is -0.478 e. The van der Waals surface area contributed by atoms with Gasteiger partial charge in [-0.2, -0.15) is 5.26 Å². The van der Waals surface area contributed by atoms with Crippen molar-refractivity contribution < 1.29 is 9.90 Å². The third kappa shape index (κ3) is 2.49. The van der Waals surface area contributed by atoms with Crippen LogP contribution in [0.1, 0.15) is 15.9 Å². The number of anilines is 1. The zero-order valence-electron chi connectivity index (χ0n) is 9.59. The first kappa shape index (κ1) is 12.9. The second-order valence-corrected chi connectivity index (χ2v) is 4.18. The number of aromatic carboxylic acids is 1. The summed E-state index contributed by atoms with van der Waals surface area (Å²) in [7, 11) is 0. The molecular formula is C13H8ClN3O2. The molecule has 2 rings (SSSR count). The minimum atomic E-state index is -1.15. The van der Waals surface area contributed by atoms with Gasteiger partial charge in [-0.15, -0.1) is 0 Å². The maximum absolute atomic E-state index is 11.0. The zero-order valence-corrected chi connectivity index (χ0v) is 10.3. The number of nitriles is 1. The summed E-state index contributed by atoms with van der Waals surface area (Å²) in [5.41, 5.74) is 6.92. The Labute approximate surface area is 113 Å². The third-order valence-corrected chi connectivity index (χ3v) is 2.90. The number of carbonyl (C=O) groups is 1. The summed E-state index contributed by atoms with van der Waals surface area (Å²) in [5, 5.41) is 18.2. The first-order valence-corrected chi connectivity index (χ1v) is 5.59. The van der Waals surface area contributed by atoms with E-state index in [0.717, 1.165) is 0 Å². The number of halogens is 1. The van der Waals surface area contributed by atoms with Gasteiger partial charge < -0.3 is 10.8 Å². The Morgan fingerprint density at radius 2 is 2.11 bits per heavy atom. The number of nitrogen functional groups attached to an aromatic ring is 1. The largest absolute Gasteiger partial charge is 0.478 e. The quantitative estimate of drug-likeness (QED) is 0.876. The zero-order chi connectivity index (χ0) is 14.0. The number of nitrogens with two attached hydrogens (primary N) is 1. The highest BCUT2D eigenvalue weighted by Gasteiger charge is 2.11. The van der Waals surface area contributed by atoms with Crippen molar-refractivity contribution >= 4 is 23.4 Å². The predicted octanol–water partition coefficient (Wildman–Crippen LogP) is 2.55. The van der Waals surface area contributed by atoms with E-state index in [9.17, 15) is 4.79 Å². The second kappa shape index (κ2) is 4.96. The maximum Gasteiger partial charge on any atom is 0.339 e. The molecule has 1 heterocycles. The Hall–Kier alpha value is -2.58. The van der Waals surface area contributed by atoms with Gasteiger partial charge in [-0.05, 0) is 23.8 Å². The fourth-order valence-corrected chi connectivity index (χ4v) is 1.75. The van der Waals surface area contributed by atoms with Gasteiger partial charge in [0.25, 0.3) is 0 Å². The van der Waals surface area contributed by atoms with Crippen LogP contribution in [0.4, 0.5) is 5.82 Å². The molecule has 1 aromatic carbocycles. The van der Waals surface area contributed by atoms with E-state index in [1.807, 2.05) is 6.07 Å². The number of benzene rings is 1. The molecule has 0 amide bonds. The van der Waals surface area contributed by atoms with E-state index in [0.29, 0.717) is 21.7 Å². The molecule has 0 unspecified atom stereocenters. The second-order valence-electron chi connectivity index (χ2n) is 3.77. The minimum absolute atomic E-state index is 0.0503. The Balaban J connectivity index is 2.57. The van der Waals surface area contributed by atoms with Crippen molar-refractivity contribution in [2.24, 2.45) is 0 Å². The van der Waals surface area contributed by atoms with Gasteiger partial charge in [0, 0.05) is 11.8 Å². The lowest BCUT2D eigenvalue weighted by Crippen LogP contribution is -2.04. The number of pyridine rings is 1. The topological polar surface area (TPSA) is 100 Å². The lowest BCUT2D eigenvalue weighted by atomic mass is 10.0. The van der Waals surface area contributed by atoms with Crippen LogP contribution in [0.25, 0.3) is 11.1 Å². The summed E-state index contributed by atoms with van der Waals surface area (Å²) < 4.78 is 0. The first-order valence-electron chi connectivity index (χ1n) is 5.21. The van der Waals surface area contributed by atoms with E-state index in [2.05, 4.69) is 4.98 Å². The van der Waals surface area contributed by atoms with Gasteiger partial charge in [0.2, 0.25) is 0 Å². The SMILES string of the molecule is N#Cc1cc(-c2cnc(N)c(C(=O)O)c2)ccc1Cl. The Bertz CT molecular complexity index is 708. The fourth-order valence-electron chi connectivity index (χ4n) is 1.60. The van der Waals surface area contributed by atoms with Crippen molar-refractivity contribution in [2.75, 3.05) is 5.73 Å². The first-order chi connectivity index (χ1) is 9.02. The number of carboxylic acid groups (broad SMARTS) is 1. The van der Waals surface area contributed by atoms with Gasteiger partial charge in [-0.25, -0.2) is 9.78 Å². The van der Waals surface area contributed by atoms with Crippen LogP contribution in [0, 0.1) is 11.3 Å². The highest BCUT2D eigenvalue weighted by Crippen LogP contribution is 2.26. The molecule has 0 aliphatic heterocycles. The molecule has 94 valence electrons. The van der Waals surface area contributed by atoms with Crippen LogP contribution >= 0.6 is 11.6 Å². The van der Waals surface area contributed by atoms with Gasteiger partial charge in [0.15, 0.2) is 0 Å². The Kier molecular flexibility index (Phi) is 3.36. The van der Waals surface area contributed by atoms with Crippen LogP contribution in [-0.4, -0.2) is 16.1 Å². The molecule has 0 saturated heterocycles. The van der Waals surface area contributed by atoms with Crippen molar-refractivity contribution in [2.45, 2.75) is 0 Å². The van der Waals surface area contributed by atoms with E-state index < -0.39 is 5.97 Å². The van der Waals surface area contributed by atoms with Crippen LogP contribution in [0.2, 0.25) is 5.02 Å². The summed E-state index contributed by atoms with van der Waals surface area (Å²) in [4.78, 5) is 14.8. The lowest BCUT2D eigenvalue weighted by Gasteiger charge is -2.06. The van der Waals surface area contributed by atoms with Crippen LogP contribution in [0.5, 0.6) is 0 Å². The summed E-state index contributed by atoms with van der Waals surface area (Å²) in [6.45, 7) is 0. The van der Waals surface area contributed by atoms with Gasteiger partial charge in [0.1, 0.15) is 17.5 Å². The molecule has 2 aromatic rings. The monoisotopic (exact) mass is 273 g/mol. The smallest absolute Gasteiger partial charge is 0.339 e. The van der Waals surface area contributed by atoms with Crippen molar-refractivity contribution in [3.8, 4) is 17.2 Å². The number of carboxylic acids is 1. The molecule has 6 heteroatoms. The molecule has 0 fully saturated rings. The van der Waals surface area contributed by atoms with E-state index in [1.54, 1.807) is 18.2 Å². The fraction of sp³-hybridized carbons (Fsp3) is 0. The molecule has 1 aromatic heterocycles. The molecule has 0 spiro atoms. The summed E-state index contributed by atoms with van der Waals surface area (Å²) in [5.74, 6) is -1.20. The van der Waals surface area contributed by atoms with E-state index in [-0.39, 0.29) is 11.4 Å². The van der Waals surface area contributed by atoms with Gasteiger partial charge >= 0.3 is 5.97 Å². The van der Waals surface area contributed by atoms with Crippen molar-refractivity contribution in [1.29, 1.82) is 5.26 Å². The maximum atomic E-state index is 11.0. The summed E-state index contributed by atoms with van der Waals surface area (Å²) >= 11 is 5.84. The Morgan fingerprint density at radius 1 is 1.37 bits per heavy atom. The highest BCUT2D eigenvalue weighted by molar-refractivity contribution is 6.31. The molecule has 5 nitrogen and oxygen atoms in total. The predicted molar refractivity (Wildman–Crippen MR) is 70.8 cm³/mol. The molecule has 0 bridgehead atoms. The van der Waals surface area contributed by atoms with Crippen LogP contribution in [-0.2, 0) is 0 Å². The molecule has 3 N–H and O–H groups in total. The number of aromatic nitrogens is 1. The van der Waals surface area contributed by atoms with Crippen molar-refractivity contribution in [3.63, 3.8) is 0 Å². The molecular weight excluding hydrogens is 266 g/mol. The summed E-state index contributed by atoms with van der Waals surface area (Å²) in [6.07, 6.45) is 1.45. The number of hydrogen-bond acceptors (Lipinski definition) is 4. The van der Waals surface area contributed by atoms with Gasteiger partial charge in [-0.1, -0.05) is 17.7 Å². The molecule has 0 aliphatic carbocycles.